The molecule has 0 heterocycles. The van der Waals surface area contributed by atoms with Crippen LogP contribution in [0.15, 0.2) is 65.6 Å². The molecule has 6 nitrogen and oxygen atoms in total. The Morgan fingerprint density at radius 2 is 1.59 bits per heavy atom. The standard InChI is InChI=1S/C22H19ClF2N2O4S/c1-31-20-7-4-16(22(28)26-12-15-8-18(24)11-19(25)9-15)10-21(20)32(29,30)27-13-14-2-5-17(23)6-3-14/h2-11,27H,12-13H2,1H3,(H,26,28). The van der Waals surface area contributed by atoms with E-state index in [1.807, 2.05) is 0 Å². The van der Waals surface area contributed by atoms with Crippen molar-refractivity contribution in [2.45, 2.75) is 18.0 Å². The topological polar surface area (TPSA) is 84.5 Å². The molecule has 3 aromatic rings. The van der Waals surface area contributed by atoms with Crippen molar-refractivity contribution >= 4 is 27.5 Å². The Balaban J connectivity index is 1.77. The van der Waals surface area contributed by atoms with Crippen LogP contribution in [0.1, 0.15) is 21.5 Å². The number of benzene rings is 3. The number of hydrogen-bond acceptors (Lipinski definition) is 4. The molecule has 0 atom stereocenters. The van der Waals surface area contributed by atoms with Gasteiger partial charge in [0, 0.05) is 29.7 Å². The Morgan fingerprint density at radius 3 is 2.22 bits per heavy atom. The molecule has 10 heteroatoms. The Bertz CT molecular complexity index is 1210. The maximum Gasteiger partial charge on any atom is 0.251 e. The largest absolute Gasteiger partial charge is 0.495 e. The van der Waals surface area contributed by atoms with Gasteiger partial charge in [-0.25, -0.2) is 21.9 Å². The second-order valence-corrected chi connectivity index (χ2v) is 8.95. The van der Waals surface area contributed by atoms with E-state index in [0.29, 0.717) is 10.6 Å². The number of amides is 1. The first-order chi connectivity index (χ1) is 15.2. The summed E-state index contributed by atoms with van der Waals surface area (Å²) in [6.07, 6.45) is 0. The zero-order valence-electron chi connectivity index (χ0n) is 16.9. The van der Waals surface area contributed by atoms with Gasteiger partial charge in [0.05, 0.1) is 7.11 Å². The Labute approximate surface area is 189 Å². The molecule has 0 fully saturated rings. The maximum atomic E-state index is 13.3. The minimum absolute atomic E-state index is 0.00418. The molecule has 3 rings (SSSR count). The number of halogens is 3. The highest BCUT2D eigenvalue weighted by Crippen LogP contribution is 2.25. The molecule has 3 aromatic carbocycles. The quantitative estimate of drug-likeness (QED) is 0.509. The molecule has 168 valence electrons. The van der Waals surface area contributed by atoms with E-state index in [4.69, 9.17) is 16.3 Å². The predicted molar refractivity (Wildman–Crippen MR) is 116 cm³/mol. The SMILES string of the molecule is COc1ccc(C(=O)NCc2cc(F)cc(F)c2)cc1S(=O)(=O)NCc1ccc(Cl)cc1. The van der Waals surface area contributed by atoms with E-state index in [0.717, 1.165) is 18.2 Å². The Hall–Kier alpha value is -3.01. The van der Waals surface area contributed by atoms with Crippen molar-refractivity contribution in [3.63, 3.8) is 0 Å². The zero-order valence-corrected chi connectivity index (χ0v) is 18.4. The molecule has 0 unspecified atom stereocenters. The fourth-order valence-electron chi connectivity index (χ4n) is 2.88. The number of methoxy groups -OCH3 is 1. The van der Waals surface area contributed by atoms with Gasteiger partial charge in [0.1, 0.15) is 22.3 Å². The lowest BCUT2D eigenvalue weighted by molar-refractivity contribution is 0.0950. The van der Waals surface area contributed by atoms with Gasteiger partial charge in [0.25, 0.3) is 5.91 Å². The summed E-state index contributed by atoms with van der Waals surface area (Å²) in [6.45, 7) is -0.138. The molecule has 1 amide bonds. The van der Waals surface area contributed by atoms with Crippen LogP contribution in [0, 0.1) is 11.6 Å². The normalized spacial score (nSPS) is 11.2. The van der Waals surface area contributed by atoms with E-state index < -0.39 is 27.6 Å². The Kier molecular flexibility index (Phi) is 7.44. The van der Waals surface area contributed by atoms with Gasteiger partial charge < -0.3 is 10.1 Å². The fourth-order valence-corrected chi connectivity index (χ4v) is 4.22. The molecule has 0 aliphatic carbocycles. The van der Waals surface area contributed by atoms with E-state index in [1.165, 1.54) is 25.3 Å². The van der Waals surface area contributed by atoms with Crippen LogP contribution in [-0.2, 0) is 23.1 Å². The van der Waals surface area contributed by atoms with Gasteiger partial charge in [-0.15, -0.1) is 0 Å². The average Bonchev–Trinajstić information content (AvgIpc) is 2.76. The monoisotopic (exact) mass is 480 g/mol. The third kappa shape index (κ3) is 6.03. The fraction of sp³-hybridized carbons (Fsp3) is 0.136. The van der Waals surface area contributed by atoms with Crippen molar-refractivity contribution < 1.29 is 26.7 Å². The van der Waals surface area contributed by atoms with Crippen molar-refractivity contribution in [2.24, 2.45) is 0 Å². The van der Waals surface area contributed by atoms with Crippen molar-refractivity contribution in [3.05, 3.63) is 94.0 Å². The highest BCUT2D eigenvalue weighted by Gasteiger charge is 2.21. The van der Waals surface area contributed by atoms with Gasteiger partial charge in [-0.3, -0.25) is 4.79 Å². The van der Waals surface area contributed by atoms with Crippen molar-refractivity contribution in [1.29, 1.82) is 0 Å². The average molecular weight is 481 g/mol. The lowest BCUT2D eigenvalue weighted by Crippen LogP contribution is -2.26. The molecule has 0 spiro atoms. The number of rotatable bonds is 8. The lowest BCUT2D eigenvalue weighted by Gasteiger charge is -2.13. The molecule has 0 aliphatic heterocycles. The van der Waals surface area contributed by atoms with Gasteiger partial charge in [-0.05, 0) is 53.6 Å². The summed E-state index contributed by atoms with van der Waals surface area (Å²) in [5.74, 6) is -2.10. The molecule has 0 bridgehead atoms. The van der Waals surface area contributed by atoms with Crippen LogP contribution in [-0.4, -0.2) is 21.4 Å². The number of nitrogens with one attached hydrogen (secondary N) is 2. The highest BCUT2D eigenvalue weighted by molar-refractivity contribution is 7.89. The minimum atomic E-state index is -4.03. The van der Waals surface area contributed by atoms with Crippen LogP contribution in [0.3, 0.4) is 0 Å². The van der Waals surface area contributed by atoms with Gasteiger partial charge in [-0.2, -0.15) is 0 Å². The molecule has 32 heavy (non-hydrogen) atoms. The highest BCUT2D eigenvalue weighted by atomic mass is 35.5. The van der Waals surface area contributed by atoms with Crippen LogP contribution < -0.4 is 14.8 Å². The van der Waals surface area contributed by atoms with Gasteiger partial charge in [0.2, 0.25) is 10.0 Å². The molecule has 0 aliphatic rings. The van der Waals surface area contributed by atoms with Crippen LogP contribution in [0.4, 0.5) is 8.78 Å². The number of carbonyl (C=O) groups excluding carboxylic acids is 1. The number of sulfonamides is 1. The third-order valence-corrected chi connectivity index (χ3v) is 6.14. The number of carbonyl (C=O) groups is 1. The first-order valence-corrected chi connectivity index (χ1v) is 11.2. The van der Waals surface area contributed by atoms with E-state index >= 15 is 0 Å². The van der Waals surface area contributed by atoms with Crippen molar-refractivity contribution in [1.82, 2.24) is 10.0 Å². The summed E-state index contributed by atoms with van der Waals surface area (Å²) in [6, 6.07) is 13.5. The molecule has 0 saturated heterocycles. The smallest absolute Gasteiger partial charge is 0.251 e. The predicted octanol–water partition coefficient (Wildman–Crippen LogP) is 4.04. The zero-order chi connectivity index (χ0) is 23.3. The molecule has 0 aromatic heterocycles. The molecule has 2 N–H and O–H groups in total. The van der Waals surface area contributed by atoms with Crippen LogP contribution in [0.2, 0.25) is 5.02 Å². The maximum absolute atomic E-state index is 13.3. The van der Waals surface area contributed by atoms with Gasteiger partial charge in [0.15, 0.2) is 0 Å². The van der Waals surface area contributed by atoms with Crippen LogP contribution >= 0.6 is 11.6 Å². The van der Waals surface area contributed by atoms with E-state index in [1.54, 1.807) is 24.3 Å². The summed E-state index contributed by atoms with van der Waals surface area (Å²) >= 11 is 5.83. The van der Waals surface area contributed by atoms with E-state index in [2.05, 4.69) is 10.0 Å². The van der Waals surface area contributed by atoms with E-state index in [9.17, 15) is 22.0 Å². The third-order valence-electron chi connectivity index (χ3n) is 4.47. The van der Waals surface area contributed by atoms with Gasteiger partial charge >= 0.3 is 0 Å². The summed E-state index contributed by atoms with van der Waals surface area (Å²) < 4.78 is 59.9. The van der Waals surface area contributed by atoms with Crippen LogP contribution in [0.5, 0.6) is 5.75 Å². The number of ether oxygens (including phenoxy) is 1. The summed E-state index contributed by atoms with van der Waals surface area (Å²) in [4.78, 5) is 12.3. The van der Waals surface area contributed by atoms with Crippen molar-refractivity contribution in [2.75, 3.05) is 7.11 Å². The lowest BCUT2D eigenvalue weighted by atomic mass is 10.1. The Morgan fingerprint density at radius 1 is 0.938 bits per heavy atom. The second kappa shape index (κ2) is 10.1. The minimum Gasteiger partial charge on any atom is -0.495 e. The van der Waals surface area contributed by atoms with Gasteiger partial charge in [-0.1, -0.05) is 23.7 Å². The van der Waals surface area contributed by atoms with Crippen LogP contribution in [0.25, 0.3) is 0 Å². The first-order valence-electron chi connectivity index (χ1n) is 9.33. The molecule has 0 radical (unpaired) electrons. The van der Waals surface area contributed by atoms with Crippen molar-refractivity contribution in [3.8, 4) is 5.75 Å². The summed E-state index contributed by atoms with van der Waals surface area (Å²) in [7, 11) is -2.72. The molecule has 0 saturated carbocycles. The first kappa shape index (κ1) is 23.6. The molecular weight excluding hydrogens is 462 g/mol. The van der Waals surface area contributed by atoms with E-state index in [-0.39, 0.29) is 34.9 Å². The molecular formula is C22H19ClF2N2O4S. The summed E-state index contributed by atoms with van der Waals surface area (Å²) in [5, 5.41) is 3.03. The number of hydrogen-bond donors (Lipinski definition) is 2. The second-order valence-electron chi connectivity index (χ2n) is 6.78. The summed E-state index contributed by atoms with van der Waals surface area (Å²) in [5.41, 5.74) is 0.949.